The number of aliphatic hydroxyl groups excluding tert-OH is 2. The molecule has 0 aliphatic heterocycles. The van der Waals surface area contributed by atoms with Crippen molar-refractivity contribution in [1.82, 2.24) is 10.3 Å². The van der Waals surface area contributed by atoms with Gasteiger partial charge in [-0.25, -0.2) is 9.78 Å². The van der Waals surface area contributed by atoms with Gasteiger partial charge in [-0.3, -0.25) is 0 Å². The van der Waals surface area contributed by atoms with Gasteiger partial charge in [0, 0.05) is 28.7 Å². The van der Waals surface area contributed by atoms with Gasteiger partial charge in [0.05, 0.1) is 0 Å². The minimum absolute atomic E-state index is 0.204. The summed E-state index contributed by atoms with van der Waals surface area (Å²) in [5, 5.41) is 42.6. The zero-order valence-corrected chi connectivity index (χ0v) is 26.9. The van der Waals surface area contributed by atoms with Crippen LogP contribution in [-0.2, 0) is 11.2 Å². The maximum atomic E-state index is 10.6. The third kappa shape index (κ3) is 10.8. The Kier molecular flexibility index (Phi) is 12.6. The number of rotatable bonds is 13. The van der Waals surface area contributed by atoms with Crippen molar-refractivity contribution in [1.29, 1.82) is 5.26 Å². The molecule has 1 unspecified atom stereocenters. The zero-order chi connectivity index (χ0) is 33.6. The van der Waals surface area contributed by atoms with Crippen molar-refractivity contribution in [3.8, 4) is 33.9 Å². The number of nitrogens with zero attached hydrogens (tertiary/aromatic N) is 2. The summed E-state index contributed by atoms with van der Waals surface area (Å²) < 4.78 is 11.7. The third-order valence-corrected chi connectivity index (χ3v) is 7.85. The SMILES string of the molecule is CC(C)(Cc1ccc(Oc2ncccc2C#N)cc1)NCC(O)COc1ccccc1-c1cccs1.O=C(O)[C@H](O)c1ccccc1. The number of carbonyl (C=O) groups is 1. The molecule has 0 spiro atoms. The van der Waals surface area contributed by atoms with E-state index in [0.717, 1.165) is 28.2 Å². The molecule has 2 atom stereocenters. The van der Waals surface area contributed by atoms with Crippen LogP contribution in [0, 0.1) is 11.3 Å². The van der Waals surface area contributed by atoms with E-state index in [1.165, 1.54) is 0 Å². The molecule has 0 fully saturated rings. The smallest absolute Gasteiger partial charge is 0.337 e. The molecule has 0 bridgehead atoms. The number of nitrogens with one attached hydrogen (secondary N) is 1. The Bertz CT molecular complexity index is 1740. The second-order valence-corrected chi connectivity index (χ2v) is 12.2. The largest absolute Gasteiger partial charge is 0.490 e. The van der Waals surface area contributed by atoms with Crippen LogP contribution in [-0.4, -0.2) is 51.1 Å². The summed E-state index contributed by atoms with van der Waals surface area (Å²) in [6.07, 6.45) is 0.302. The summed E-state index contributed by atoms with van der Waals surface area (Å²) in [7, 11) is 0. The highest BCUT2D eigenvalue weighted by Gasteiger charge is 2.20. The molecule has 0 aliphatic rings. The van der Waals surface area contributed by atoms with Gasteiger partial charge in [-0.05, 0) is 79.2 Å². The molecule has 0 radical (unpaired) electrons. The molecule has 9 nitrogen and oxygen atoms in total. The lowest BCUT2D eigenvalue weighted by atomic mass is 9.94. The molecule has 47 heavy (non-hydrogen) atoms. The summed E-state index contributed by atoms with van der Waals surface area (Å²) in [5.74, 6) is 0.462. The predicted octanol–water partition coefficient (Wildman–Crippen LogP) is 6.63. The summed E-state index contributed by atoms with van der Waals surface area (Å²) in [6.45, 7) is 4.82. The average Bonchev–Trinajstić information content (AvgIpc) is 3.63. The molecule has 0 aliphatic carbocycles. The molecule has 4 N–H and O–H groups in total. The highest BCUT2D eigenvalue weighted by atomic mass is 32.1. The van der Waals surface area contributed by atoms with Crippen LogP contribution in [0.25, 0.3) is 10.4 Å². The Morgan fingerprint density at radius 3 is 2.36 bits per heavy atom. The number of para-hydroxylation sites is 1. The Balaban J connectivity index is 0.000000385. The summed E-state index contributed by atoms with van der Waals surface area (Å²) in [4.78, 5) is 15.5. The van der Waals surface area contributed by atoms with E-state index in [2.05, 4.69) is 36.3 Å². The number of thiophene rings is 1. The van der Waals surface area contributed by atoms with Crippen LogP contribution in [0.2, 0.25) is 0 Å². The summed E-state index contributed by atoms with van der Waals surface area (Å²) in [5.41, 5.74) is 2.71. The number of aliphatic hydroxyl groups is 2. The van der Waals surface area contributed by atoms with Crippen molar-refractivity contribution in [3.63, 3.8) is 0 Å². The lowest BCUT2D eigenvalue weighted by Crippen LogP contribution is -2.46. The van der Waals surface area contributed by atoms with Gasteiger partial charge >= 0.3 is 5.97 Å². The molecule has 0 saturated heterocycles. The van der Waals surface area contributed by atoms with Crippen LogP contribution in [0.15, 0.2) is 115 Å². The molecule has 2 aromatic heterocycles. The Morgan fingerprint density at radius 1 is 0.957 bits per heavy atom. The minimum atomic E-state index is -1.41. The maximum absolute atomic E-state index is 10.6. The summed E-state index contributed by atoms with van der Waals surface area (Å²) in [6, 6.07) is 33.4. The van der Waals surface area contributed by atoms with Crippen LogP contribution in [0.3, 0.4) is 0 Å². The number of hydrogen-bond donors (Lipinski definition) is 4. The number of aliphatic carboxylic acids is 1. The average molecular weight is 652 g/mol. The molecule has 0 saturated carbocycles. The van der Waals surface area contributed by atoms with Gasteiger partial charge in [-0.2, -0.15) is 5.26 Å². The second kappa shape index (κ2) is 17.0. The quantitative estimate of drug-likeness (QED) is 0.110. The van der Waals surface area contributed by atoms with E-state index in [-0.39, 0.29) is 12.1 Å². The van der Waals surface area contributed by atoms with Gasteiger partial charge in [0.15, 0.2) is 6.10 Å². The first-order chi connectivity index (χ1) is 22.6. The molecular weight excluding hydrogens is 614 g/mol. The summed E-state index contributed by atoms with van der Waals surface area (Å²) >= 11 is 1.66. The Hall–Kier alpha value is -5.05. The fourth-order valence-corrected chi connectivity index (χ4v) is 5.32. The van der Waals surface area contributed by atoms with Crippen molar-refractivity contribution >= 4 is 17.3 Å². The van der Waals surface area contributed by atoms with Gasteiger partial charge in [-0.15, -0.1) is 11.3 Å². The molecule has 5 aromatic rings. The van der Waals surface area contributed by atoms with E-state index in [1.807, 2.05) is 60.0 Å². The first-order valence-electron chi connectivity index (χ1n) is 14.9. The van der Waals surface area contributed by atoms with Gasteiger partial charge in [0.2, 0.25) is 5.88 Å². The van der Waals surface area contributed by atoms with Crippen LogP contribution < -0.4 is 14.8 Å². The normalized spacial score (nSPS) is 12.1. The zero-order valence-electron chi connectivity index (χ0n) is 26.1. The maximum Gasteiger partial charge on any atom is 0.337 e. The van der Waals surface area contributed by atoms with Crippen molar-refractivity contribution in [2.75, 3.05) is 13.2 Å². The Labute approximate surface area is 278 Å². The second-order valence-electron chi connectivity index (χ2n) is 11.2. The number of ether oxygens (including phenoxy) is 2. The van der Waals surface area contributed by atoms with Crippen molar-refractivity contribution in [2.45, 2.75) is 38.0 Å². The molecule has 10 heteroatoms. The van der Waals surface area contributed by atoms with E-state index in [1.54, 1.807) is 60.0 Å². The number of aromatic nitrogens is 1. The van der Waals surface area contributed by atoms with Crippen LogP contribution in [0.1, 0.15) is 36.6 Å². The van der Waals surface area contributed by atoms with E-state index >= 15 is 0 Å². The highest BCUT2D eigenvalue weighted by Crippen LogP contribution is 2.33. The lowest BCUT2D eigenvalue weighted by Gasteiger charge is -2.28. The van der Waals surface area contributed by atoms with Gasteiger partial charge in [0.25, 0.3) is 0 Å². The number of hydrogen-bond acceptors (Lipinski definition) is 9. The third-order valence-electron chi connectivity index (χ3n) is 6.95. The van der Waals surface area contributed by atoms with E-state index in [9.17, 15) is 15.2 Å². The molecule has 3 aromatic carbocycles. The standard InChI is InChI=1S/C29H29N3O3S.C8H8O3/c1-29(2,17-21-11-13-24(14-12-21)35-28-22(18-30)7-5-15-31-28)32-19-23(33)20-34-26-9-4-3-8-25(26)27-10-6-16-36-27;9-7(8(10)11)6-4-2-1-3-5-6/h3-16,23,32-33H,17,19-20H2,1-2H3;1-5,7,9H,(H,10,11)/t;7-/m.1/s1. The number of β-amino-alcohol motifs (C(OH)–C–C–N with tert-alkyl or cyclic N) is 1. The van der Waals surface area contributed by atoms with Crippen LogP contribution in [0.4, 0.5) is 0 Å². The number of nitriles is 1. The van der Waals surface area contributed by atoms with E-state index in [4.69, 9.17) is 19.7 Å². The van der Waals surface area contributed by atoms with Crippen molar-refractivity contribution in [3.05, 3.63) is 131 Å². The van der Waals surface area contributed by atoms with Crippen LogP contribution >= 0.6 is 11.3 Å². The lowest BCUT2D eigenvalue weighted by molar-refractivity contribution is -0.146. The van der Waals surface area contributed by atoms with Gasteiger partial charge in [0.1, 0.15) is 35.8 Å². The highest BCUT2D eigenvalue weighted by molar-refractivity contribution is 7.13. The van der Waals surface area contributed by atoms with Gasteiger partial charge in [-0.1, -0.05) is 60.7 Å². The number of carboxylic acid groups (broad SMARTS) is 1. The predicted molar refractivity (Wildman–Crippen MR) is 182 cm³/mol. The molecule has 0 amide bonds. The molecule has 242 valence electrons. The first-order valence-corrected chi connectivity index (χ1v) is 15.8. The van der Waals surface area contributed by atoms with Crippen molar-refractivity contribution in [2.24, 2.45) is 0 Å². The number of pyridine rings is 1. The van der Waals surface area contributed by atoms with E-state index in [0.29, 0.717) is 29.3 Å². The number of benzene rings is 3. The number of carboxylic acids is 1. The van der Waals surface area contributed by atoms with Crippen molar-refractivity contribution < 1.29 is 29.6 Å². The minimum Gasteiger partial charge on any atom is -0.490 e. The van der Waals surface area contributed by atoms with Gasteiger partial charge < -0.3 is 30.1 Å². The molecule has 2 heterocycles. The topological polar surface area (TPSA) is 145 Å². The first kappa shape index (κ1) is 34.8. The molecule has 5 rings (SSSR count). The monoisotopic (exact) mass is 651 g/mol. The Morgan fingerprint density at radius 2 is 1.68 bits per heavy atom. The fourth-order valence-electron chi connectivity index (χ4n) is 4.56. The fraction of sp³-hybridized carbons (Fsp3) is 0.216. The van der Waals surface area contributed by atoms with Crippen LogP contribution in [0.5, 0.6) is 17.4 Å². The molecular formula is C37H37N3O6S. The van der Waals surface area contributed by atoms with E-state index < -0.39 is 18.2 Å².